The lowest BCUT2D eigenvalue weighted by Gasteiger charge is -2.13. The Kier molecular flexibility index (Phi) is 6.79. The fourth-order valence-electron chi connectivity index (χ4n) is 3.30. The molecule has 1 aliphatic heterocycles. The van der Waals surface area contributed by atoms with E-state index in [4.69, 9.17) is 4.42 Å². The van der Waals surface area contributed by atoms with E-state index in [9.17, 15) is 18.0 Å². The lowest BCUT2D eigenvalue weighted by Crippen LogP contribution is -2.32. The van der Waals surface area contributed by atoms with Gasteiger partial charge in [-0.3, -0.25) is 14.3 Å². The zero-order valence-corrected chi connectivity index (χ0v) is 18.4. The largest absolute Gasteiger partial charge is 0.441 e. The summed E-state index contributed by atoms with van der Waals surface area (Å²) in [5.74, 6) is 0.00914. The second-order valence-corrected chi connectivity index (χ2v) is 9.29. The lowest BCUT2D eigenvalue weighted by molar-refractivity contribution is -0.128. The van der Waals surface area contributed by atoms with Crippen molar-refractivity contribution in [2.75, 3.05) is 23.6 Å². The Bertz CT molecular complexity index is 1090. The van der Waals surface area contributed by atoms with Crippen LogP contribution in [-0.4, -0.2) is 49.0 Å². The van der Waals surface area contributed by atoms with Crippen LogP contribution >= 0.6 is 0 Å². The fourth-order valence-corrected chi connectivity index (χ4v) is 3.96. The first-order valence-corrected chi connectivity index (χ1v) is 11.6. The van der Waals surface area contributed by atoms with Crippen LogP contribution in [0, 0.1) is 12.8 Å². The van der Waals surface area contributed by atoms with Gasteiger partial charge in [0.1, 0.15) is 11.5 Å². The molecular formula is C21H26N4O5S. The number of oxazole rings is 1. The highest BCUT2D eigenvalue weighted by Crippen LogP contribution is 2.29. The minimum absolute atomic E-state index is 0.0584. The number of likely N-dealkylation sites (tertiary alicyclic amines) is 1. The number of hydrogen-bond acceptors (Lipinski definition) is 6. The van der Waals surface area contributed by atoms with E-state index in [1.807, 2.05) is 0 Å². The van der Waals surface area contributed by atoms with Crippen LogP contribution in [0.2, 0.25) is 0 Å². The number of aryl methyl sites for hydroxylation is 1. The van der Waals surface area contributed by atoms with Crippen LogP contribution in [0.4, 0.5) is 5.69 Å². The van der Waals surface area contributed by atoms with Crippen LogP contribution < -0.4 is 10.0 Å². The molecule has 1 aliphatic rings. The van der Waals surface area contributed by atoms with Gasteiger partial charge in [-0.1, -0.05) is 18.2 Å². The molecule has 31 heavy (non-hydrogen) atoms. The Hall–Kier alpha value is -3.14. The number of benzene rings is 1. The quantitative estimate of drug-likeness (QED) is 0.569. The normalized spacial score (nSPS) is 16.4. The third-order valence-electron chi connectivity index (χ3n) is 5.06. The van der Waals surface area contributed by atoms with Crippen molar-refractivity contribution in [1.82, 2.24) is 15.2 Å². The summed E-state index contributed by atoms with van der Waals surface area (Å²) in [6.45, 7) is 7.83. The number of anilines is 1. The Morgan fingerprint density at radius 1 is 1.39 bits per heavy atom. The van der Waals surface area contributed by atoms with Gasteiger partial charge in [0, 0.05) is 19.5 Å². The van der Waals surface area contributed by atoms with E-state index in [1.54, 1.807) is 49.1 Å². The second-order valence-electron chi connectivity index (χ2n) is 7.28. The molecule has 9 nitrogen and oxygen atoms in total. The molecule has 0 spiro atoms. The van der Waals surface area contributed by atoms with Crippen molar-refractivity contribution in [3.8, 4) is 11.5 Å². The third-order valence-corrected chi connectivity index (χ3v) is 6.35. The maximum absolute atomic E-state index is 12.5. The Morgan fingerprint density at radius 2 is 2.13 bits per heavy atom. The van der Waals surface area contributed by atoms with Gasteiger partial charge in [-0.2, -0.15) is 0 Å². The highest BCUT2D eigenvalue weighted by Gasteiger charge is 2.33. The molecule has 1 aromatic heterocycles. The number of aromatic nitrogens is 1. The van der Waals surface area contributed by atoms with Gasteiger partial charge in [-0.05, 0) is 26.0 Å². The SMILES string of the molecule is C=CCN1C[C@@H](C(=O)NCc2nc(-c3ccccc3NS(=O)(=O)CC)oc2C)CC1=O. The predicted octanol–water partition coefficient (Wildman–Crippen LogP) is 2.06. The third kappa shape index (κ3) is 5.32. The molecule has 2 aromatic rings. The Labute approximate surface area is 181 Å². The van der Waals surface area contributed by atoms with Gasteiger partial charge in [-0.25, -0.2) is 13.4 Å². The van der Waals surface area contributed by atoms with E-state index in [1.165, 1.54) is 0 Å². The molecule has 1 fully saturated rings. The molecule has 0 saturated carbocycles. The number of carbonyl (C=O) groups is 2. The molecule has 10 heteroatoms. The van der Waals surface area contributed by atoms with Gasteiger partial charge in [0.05, 0.1) is 29.5 Å². The van der Waals surface area contributed by atoms with Gasteiger partial charge in [0.25, 0.3) is 0 Å². The van der Waals surface area contributed by atoms with Gasteiger partial charge in [-0.15, -0.1) is 6.58 Å². The minimum atomic E-state index is -3.46. The zero-order valence-electron chi connectivity index (χ0n) is 17.6. The molecule has 166 valence electrons. The molecule has 0 unspecified atom stereocenters. The molecule has 2 N–H and O–H groups in total. The van der Waals surface area contributed by atoms with E-state index in [-0.39, 0.29) is 36.4 Å². The topological polar surface area (TPSA) is 122 Å². The van der Waals surface area contributed by atoms with Crippen LogP contribution in [0.15, 0.2) is 41.3 Å². The van der Waals surface area contributed by atoms with Crippen LogP contribution in [0.1, 0.15) is 24.8 Å². The summed E-state index contributed by atoms with van der Waals surface area (Å²) in [6.07, 6.45) is 1.81. The molecule has 0 aliphatic carbocycles. The van der Waals surface area contributed by atoms with Crippen molar-refractivity contribution in [2.24, 2.45) is 5.92 Å². The van der Waals surface area contributed by atoms with Gasteiger partial charge in [0.2, 0.25) is 27.7 Å². The van der Waals surface area contributed by atoms with E-state index in [2.05, 4.69) is 21.6 Å². The average Bonchev–Trinajstić information content (AvgIpc) is 3.29. The summed E-state index contributed by atoms with van der Waals surface area (Å²) < 4.78 is 32.2. The molecule has 3 rings (SSSR count). The highest BCUT2D eigenvalue weighted by molar-refractivity contribution is 7.92. The summed E-state index contributed by atoms with van der Waals surface area (Å²) in [5, 5.41) is 2.81. The number of nitrogens with zero attached hydrogens (tertiary/aromatic N) is 2. The zero-order chi connectivity index (χ0) is 22.6. The van der Waals surface area contributed by atoms with Crippen LogP contribution in [0.5, 0.6) is 0 Å². The van der Waals surface area contributed by atoms with Crippen molar-refractivity contribution < 1.29 is 22.4 Å². The van der Waals surface area contributed by atoms with Crippen LogP contribution in [0.3, 0.4) is 0 Å². The number of para-hydroxylation sites is 1. The van der Waals surface area contributed by atoms with Crippen molar-refractivity contribution in [2.45, 2.75) is 26.8 Å². The van der Waals surface area contributed by atoms with Crippen molar-refractivity contribution in [3.63, 3.8) is 0 Å². The monoisotopic (exact) mass is 446 g/mol. The second kappa shape index (κ2) is 9.34. The predicted molar refractivity (Wildman–Crippen MR) is 116 cm³/mol. The average molecular weight is 447 g/mol. The van der Waals surface area contributed by atoms with E-state index >= 15 is 0 Å². The Balaban J connectivity index is 1.71. The van der Waals surface area contributed by atoms with E-state index < -0.39 is 15.9 Å². The van der Waals surface area contributed by atoms with Crippen molar-refractivity contribution >= 4 is 27.5 Å². The number of sulfonamides is 1. The standard InChI is InChI=1S/C21H26N4O5S/c1-4-10-25-13-15(11-19(25)26)20(27)22-12-18-14(3)30-21(23-18)16-8-6-7-9-17(16)24-31(28,29)5-2/h4,6-9,15,24H,1,5,10-13H2,2-3H3,(H,22,27)/t15-/m0/s1. The maximum Gasteiger partial charge on any atom is 0.232 e. The maximum atomic E-state index is 12.5. The molecule has 2 heterocycles. The van der Waals surface area contributed by atoms with Crippen LogP contribution in [0.25, 0.3) is 11.5 Å². The first-order chi connectivity index (χ1) is 14.7. The van der Waals surface area contributed by atoms with Gasteiger partial charge >= 0.3 is 0 Å². The molecule has 1 saturated heterocycles. The number of rotatable bonds is 9. The summed E-state index contributed by atoms with van der Waals surface area (Å²) in [6, 6.07) is 6.81. The molecule has 2 amide bonds. The summed E-state index contributed by atoms with van der Waals surface area (Å²) in [7, 11) is -3.46. The summed E-state index contributed by atoms with van der Waals surface area (Å²) >= 11 is 0. The van der Waals surface area contributed by atoms with Gasteiger partial charge < -0.3 is 14.6 Å². The number of amides is 2. The first-order valence-electron chi connectivity index (χ1n) is 9.96. The number of carbonyl (C=O) groups excluding carboxylic acids is 2. The summed E-state index contributed by atoms with van der Waals surface area (Å²) in [5.41, 5.74) is 1.40. The smallest absolute Gasteiger partial charge is 0.232 e. The fraction of sp³-hybridized carbons (Fsp3) is 0.381. The molecule has 1 aromatic carbocycles. The molecule has 0 radical (unpaired) electrons. The highest BCUT2D eigenvalue weighted by atomic mass is 32.2. The van der Waals surface area contributed by atoms with Crippen molar-refractivity contribution in [1.29, 1.82) is 0 Å². The minimum Gasteiger partial charge on any atom is -0.441 e. The molecule has 1 atom stereocenters. The van der Waals surface area contributed by atoms with Gasteiger partial charge in [0.15, 0.2) is 0 Å². The number of nitrogens with one attached hydrogen (secondary N) is 2. The lowest BCUT2D eigenvalue weighted by atomic mass is 10.1. The first kappa shape index (κ1) is 22.5. The van der Waals surface area contributed by atoms with Crippen molar-refractivity contribution in [3.05, 3.63) is 48.4 Å². The van der Waals surface area contributed by atoms with E-state index in [0.717, 1.165) is 0 Å². The Morgan fingerprint density at radius 3 is 2.84 bits per heavy atom. The van der Waals surface area contributed by atoms with E-state index in [0.29, 0.717) is 35.8 Å². The molecule has 0 bridgehead atoms. The van der Waals surface area contributed by atoms with Crippen LogP contribution in [-0.2, 0) is 26.2 Å². The molecular weight excluding hydrogens is 420 g/mol. The summed E-state index contributed by atoms with van der Waals surface area (Å²) in [4.78, 5) is 30.5. The number of hydrogen-bond donors (Lipinski definition) is 2.